The van der Waals surface area contributed by atoms with Crippen LogP contribution in [0.25, 0.3) is 0 Å². The Hall–Kier alpha value is -2.16. The molecule has 0 heterocycles. The van der Waals surface area contributed by atoms with E-state index in [4.69, 9.17) is 0 Å². The minimum atomic E-state index is -4.41. The van der Waals surface area contributed by atoms with Gasteiger partial charge in [-0.1, -0.05) is 0 Å². The molecule has 0 bridgehead atoms. The van der Waals surface area contributed by atoms with Crippen LogP contribution in [0.1, 0.15) is 6.92 Å². The Morgan fingerprint density at radius 3 is 2.43 bits per heavy atom. The molecule has 0 saturated carbocycles. The summed E-state index contributed by atoms with van der Waals surface area (Å²) in [5.41, 5.74) is 0.0162. The van der Waals surface area contributed by atoms with Crippen LogP contribution in [-0.4, -0.2) is 31.1 Å². The Balaban J connectivity index is 2.58. The maximum absolute atomic E-state index is 13.3. The fourth-order valence-corrected chi connectivity index (χ4v) is 1.41. The molecule has 2 amide bonds. The zero-order valence-electron chi connectivity index (χ0n) is 11.0. The Morgan fingerprint density at radius 1 is 1.19 bits per heavy atom. The molecule has 116 valence electrons. The highest BCUT2D eigenvalue weighted by atomic mass is 19.4. The number of rotatable bonds is 5. The van der Waals surface area contributed by atoms with E-state index in [9.17, 15) is 27.2 Å². The van der Waals surface area contributed by atoms with E-state index in [2.05, 4.69) is 10.6 Å². The summed E-state index contributed by atoms with van der Waals surface area (Å²) in [6, 6.07) is 3.41. The van der Waals surface area contributed by atoms with Crippen molar-refractivity contribution in [1.29, 1.82) is 0 Å². The highest BCUT2D eigenvalue weighted by molar-refractivity contribution is 5.94. The SMILES string of the molecule is CC(=O)Nc1cc(NC(=O)CNCC(F)(F)F)ccc1F. The molecule has 0 fully saturated rings. The normalized spacial score (nSPS) is 11.1. The number of halogens is 4. The van der Waals surface area contributed by atoms with E-state index in [1.54, 1.807) is 0 Å². The van der Waals surface area contributed by atoms with Crippen molar-refractivity contribution in [3.63, 3.8) is 0 Å². The van der Waals surface area contributed by atoms with Crippen LogP contribution in [0.2, 0.25) is 0 Å². The summed E-state index contributed by atoms with van der Waals surface area (Å²) in [6.07, 6.45) is -4.41. The number of hydrogen-bond donors (Lipinski definition) is 3. The van der Waals surface area contributed by atoms with Crippen molar-refractivity contribution >= 4 is 23.2 Å². The van der Waals surface area contributed by atoms with Gasteiger partial charge in [-0.15, -0.1) is 0 Å². The number of carbonyl (C=O) groups is 2. The van der Waals surface area contributed by atoms with Crippen molar-refractivity contribution in [2.45, 2.75) is 13.1 Å². The minimum absolute atomic E-state index is 0.136. The zero-order valence-corrected chi connectivity index (χ0v) is 11.0. The molecule has 0 atom stereocenters. The number of carbonyl (C=O) groups excluding carboxylic acids is 2. The number of alkyl halides is 3. The standard InChI is InChI=1S/C12H13F4N3O2/c1-7(20)18-10-4-8(2-3-9(10)13)19-11(21)5-17-6-12(14,15)16/h2-4,17H,5-6H2,1H3,(H,18,20)(H,19,21). The van der Waals surface area contributed by atoms with Gasteiger partial charge in [-0.05, 0) is 18.2 Å². The fraction of sp³-hybridized carbons (Fsp3) is 0.333. The van der Waals surface area contributed by atoms with E-state index in [-0.39, 0.29) is 11.4 Å². The van der Waals surface area contributed by atoms with Crippen LogP contribution < -0.4 is 16.0 Å². The Morgan fingerprint density at radius 2 is 1.86 bits per heavy atom. The molecular weight excluding hydrogens is 294 g/mol. The van der Waals surface area contributed by atoms with E-state index in [0.717, 1.165) is 6.07 Å². The van der Waals surface area contributed by atoms with E-state index < -0.39 is 36.9 Å². The van der Waals surface area contributed by atoms with Crippen LogP contribution >= 0.6 is 0 Å². The summed E-state index contributed by atoms with van der Waals surface area (Å²) in [6.45, 7) is -0.654. The lowest BCUT2D eigenvalue weighted by Gasteiger charge is -2.10. The Labute approximate surface area is 117 Å². The van der Waals surface area contributed by atoms with Gasteiger partial charge in [-0.2, -0.15) is 13.2 Å². The first-order chi connectivity index (χ1) is 9.67. The second-order valence-corrected chi connectivity index (χ2v) is 4.14. The molecule has 21 heavy (non-hydrogen) atoms. The van der Waals surface area contributed by atoms with Crippen molar-refractivity contribution in [2.75, 3.05) is 23.7 Å². The summed E-state index contributed by atoms with van der Waals surface area (Å²) in [5.74, 6) is -1.91. The Kier molecular flexibility index (Phi) is 5.65. The summed E-state index contributed by atoms with van der Waals surface area (Å²) in [5, 5.41) is 6.43. The maximum atomic E-state index is 13.3. The second-order valence-electron chi connectivity index (χ2n) is 4.14. The van der Waals surface area contributed by atoms with Gasteiger partial charge < -0.3 is 16.0 Å². The first-order valence-corrected chi connectivity index (χ1v) is 5.82. The predicted octanol–water partition coefficient (Wildman–Crippen LogP) is 1.87. The lowest BCUT2D eigenvalue weighted by atomic mass is 10.2. The monoisotopic (exact) mass is 307 g/mol. The van der Waals surface area contributed by atoms with E-state index in [1.165, 1.54) is 19.1 Å². The van der Waals surface area contributed by atoms with Gasteiger partial charge in [0.05, 0.1) is 18.8 Å². The fourth-order valence-electron chi connectivity index (χ4n) is 1.41. The van der Waals surface area contributed by atoms with Gasteiger partial charge >= 0.3 is 6.18 Å². The van der Waals surface area contributed by atoms with Gasteiger partial charge in [0.1, 0.15) is 5.82 Å². The molecule has 0 aliphatic heterocycles. The average molecular weight is 307 g/mol. The molecule has 0 aliphatic rings. The van der Waals surface area contributed by atoms with Gasteiger partial charge in [0.25, 0.3) is 0 Å². The summed E-state index contributed by atoms with van der Waals surface area (Å²) in [4.78, 5) is 22.2. The molecule has 0 spiro atoms. The molecule has 0 radical (unpaired) electrons. The van der Waals surface area contributed by atoms with Gasteiger partial charge in [0.15, 0.2) is 0 Å². The van der Waals surface area contributed by atoms with E-state index >= 15 is 0 Å². The third-order valence-electron chi connectivity index (χ3n) is 2.17. The van der Waals surface area contributed by atoms with E-state index in [0.29, 0.717) is 0 Å². The molecule has 9 heteroatoms. The smallest absolute Gasteiger partial charge is 0.325 e. The molecule has 0 saturated heterocycles. The zero-order chi connectivity index (χ0) is 16.0. The highest BCUT2D eigenvalue weighted by Gasteiger charge is 2.26. The van der Waals surface area contributed by atoms with Crippen LogP contribution in [0.4, 0.5) is 28.9 Å². The van der Waals surface area contributed by atoms with Crippen molar-refractivity contribution < 1.29 is 27.2 Å². The van der Waals surface area contributed by atoms with Gasteiger partial charge in [0.2, 0.25) is 11.8 Å². The van der Waals surface area contributed by atoms with Crippen LogP contribution in [-0.2, 0) is 9.59 Å². The molecule has 0 aromatic heterocycles. The van der Waals surface area contributed by atoms with E-state index in [1.807, 2.05) is 5.32 Å². The van der Waals surface area contributed by atoms with Crippen molar-refractivity contribution in [3.8, 4) is 0 Å². The highest BCUT2D eigenvalue weighted by Crippen LogP contribution is 2.19. The predicted molar refractivity (Wildman–Crippen MR) is 68.3 cm³/mol. The average Bonchev–Trinajstić information content (AvgIpc) is 2.31. The topological polar surface area (TPSA) is 70.2 Å². The molecule has 0 aliphatic carbocycles. The molecule has 5 nitrogen and oxygen atoms in total. The van der Waals surface area contributed by atoms with Gasteiger partial charge in [0, 0.05) is 12.6 Å². The molecule has 3 N–H and O–H groups in total. The molecular formula is C12H13F4N3O2. The molecule has 1 aromatic carbocycles. The van der Waals surface area contributed by atoms with Crippen LogP contribution in [0.3, 0.4) is 0 Å². The summed E-state index contributed by atoms with van der Waals surface area (Å²) >= 11 is 0. The summed E-state index contributed by atoms with van der Waals surface area (Å²) in [7, 11) is 0. The van der Waals surface area contributed by atoms with Crippen LogP contribution in [0.5, 0.6) is 0 Å². The quantitative estimate of drug-likeness (QED) is 0.727. The maximum Gasteiger partial charge on any atom is 0.401 e. The first kappa shape index (κ1) is 16.9. The molecule has 0 unspecified atom stereocenters. The second kappa shape index (κ2) is 7.02. The van der Waals surface area contributed by atoms with Crippen molar-refractivity contribution in [1.82, 2.24) is 5.32 Å². The van der Waals surface area contributed by atoms with Gasteiger partial charge in [-0.3, -0.25) is 9.59 Å². The number of hydrogen-bond acceptors (Lipinski definition) is 3. The molecule has 1 rings (SSSR count). The largest absolute Gasteiger partial charge is 0.401 e. The molecule has 1 aromatic rings. The first-order valence-electron chi connectivity index (χ1n) is 5.82. The third kappa shape index (κ3) is 6.70. The van der Waals surface area contributed by atoms with Crippen LogP contribution in [0, 0.1) is 5.82 Å². The third-order valence-corrected chi connectivity index (χ3v) is 2.17. The lowest BCUT2D eigenvalue weighted by Crippen LogP contribution is -2.35. The summed E-state index contributed by atoms with van der Waals surface area (Å²) < 4.78 is 49.0. The number of amides is 2. The van der Waals surface area contributed by atoms with Crippen molar-refractivity contribution in [2.24, 2.45) is 0 Å². The lowest BCUT2D eigenvalue weighted by molar-refractivity contribution is -0.127. The van der Waals surface area contributed by atoms with Crippen molar-refractivity contribution in [3.05, 3.63) is 24.0 Å². The van der Waals surface area contributed by atoms with Gasteiger partial charge in [-0.25, -0.2) is 4.39 Å². The number of benzene rings is 1. The Bertz CT molecular complexity index is 532. The minimum Gasteiger partial charge on any atom is -0.325 e. The van der Waals surface area contributed by atoms with Crippen LogP contribution in [0.15, 0.2) is 18.2 Å². The number of nitrogens with one attached hydrogen (secondary N) is 3. The number of anilines is 2.